The number of nitrogens with zero attached hydrogens (tertiary/aromatic N) is 1. The Morgan fingerprint density at radius 1 is 1.09 bits per heavy atom. The Morgan fingerprint density at radius 2 is 1.73 bits per heavy atom. The number of aromatic carboxylic acids is 1. The summed E-state index contributed by atoms with van der Waals surface area (Å²) in [4.78, 5) is 33.8. The van der Waals surface area contributed by atoms with Crippen LogP contribution in [0.25, 0.3) is 0 Å². The van der Waals surface area contributed by atoms with E-state index in [1.165, 1.54) is 18.3 Å². The SMILES string of the molecule is O=C(NN=Cc1ccc(C(=O)O)cc1)C(=O)NC1CCCC1. The number of carbonyl (C=O) groups is 3. The smallest absolute Gasteiger partial charge is 0.335 e. The Morgan fingerprint density at radius 3 is 2.32 bits per heavy atom. The third-order valence-electron chi connectivity index (χ3n) is 3.43. The number of hydrogen-bond donors (Lipinski definition) is 3. The highest BCUT2D eigenvalue weighted by Crippen LogP contribution is 2.17. The highest BCUT2D eigenvalue weighted by Gasteiger charge is 2.20. The van der Waals surface area contributed by atoms with E-state index in [0.29, 0.717) is 5.56 Å². The molecule has 1 saturated carbocycles. The zero-order chi connectivity index (χ0) is 15.9. The molecule has 0 aromatic heterocycles. The molecule has 2 rings (SSSR count). The molecular weight excluding hydrogens is 286 g/mol. The molecule has 1 aromatic rings. The minimum atomic E-state index is -1.01. The van der Waals surface area contributed by atoms with E-state index in [1.54, 1.807) is 12.1 Å². The van der Waals surface area contributed by atoms with Gasteiger partial charge in [-0.15, -0.1) is 0 Å². The van der Waals surface area contributed by atoms with Crippen molar-refractivity contribution in [3.8, 4) is 0 Å². The first kappa shape index (κ1) is 15.7. The van der Waals surface area contributed by atoms with Gasteiger partial charge in [-0.05, 0) is 30.5 Å². The molecule has 0 saturated heterocycles. The first-order valence-corrected chi connectivity index (χ1v) is 7.03. The molecule has 0 spiro atoms. The van der Waals surface area contributed by atoms with Crippen LogP contribution in [0.3, 0.4) is 0 Å². The van der Waals surface area contributed by atoms with Gasteiger partial charge in [-0.3, -0.25) is 9.59 Å². The minimum Gasteiger partial charge on any atom is -0.478 e. The normalized spacial score (nSPS) is 14.9. The quantitative estimate of drug-likeness (QED) is 0.436. The number of carboxylic acids is 1. The number of nitrogens with one attached hydrogen (secondary N) is 2. The first-order valence-electron chi connectivity index (χ1n) is 7.03. The molecule has 116 valence electrons. The third-order valence-corrected chi connectivity index (χ3v) is 3.43. The number of amides is 2. The molecule has 3 N–H and O–H groups in total. The minimum absolute atomic E-state index is 0.0748. The maximum Gasteiger partial charge on any atom is 0.335 e. The van der Waals surface area contributed by atoms with Gasteiger partial charge in [-0.25, -0.2) is 10.2 Å². The van der Waals surface area contributed by atoms with Crippen LogP contribution in [-0.4, -0.2) is 35.1 Å². The molecular formula is C15H17N3O4. The zero-order valence-electron chi connectivity index (χ0n) is 11.9. The van der Waals surface area contributed by atoms with Crippen LogP contribution in [0.5, 0.6) is 0 Å². The van der Waals surface area contributed by atoms with E-state index in [0.717, 1.165) is 25.7 Å². The summed E-state index contributed by atoms with van der Waals surface area (Å²) < 4.78 is 0. The molecule has 2 amide bonds. The molecule has 0 radical (unpaired) electrons. The van der Waals surface area contributed by atoms with Crippen molar-refractivity contribution in [3.05, 3.63) is 35.4 Å². The van der Waals surface area contributed by atoms with Gasteiger partial charge in [0.05, 0.1) is 11.8 Å². The first-order chi connectivity index (χ1) is 10.6. The van der Waals surface area contributed by atoms with Crippen molar-refractivity contribution in [3.63, 3.8) is 0 Å². The second kappa shape index (κ2) is 7.35. The lowest BCUT2D eigenvalue weighted by Gasteiger charge is -2.10. The Labute approximate surface area is 127 Å². The molecule has 1 aromatic carbocycles. The molecule has 1 fully saturated rings. The predicted octanol–water partition coefficient (Wildman–Crippen LogP) is 0.894. The van der Waals surface area contributed by atoms with Crippen molar-refractivity contribution in [1.82, 2.24) is 10.7 Å². The van der Waals surface area contributed by atoms with Gasteiger partial charge < -0.3 is 10.4 Å². The van der Waals surface area contributed by atoms with Gasteiger partial charge in [-0.1, -0.05) is 25.0 Å². The number of hydrazone groups is 1. The van der Waals surface area contributed by atoms with Crippen LogP contribution >= 0.6 is 0 Å². The lowest BCUT2D eigenvalue weighted by Crippen LogP contribution is -2.42. The fraction of sp³-hybridized carbons (Fsp3) is 0.333. The summed E-state index contributed by atoms with van der Waals surface area (Å²) >= 11 is 0. The Bertz CT molecular complexity index is 589. The second-order valence-electron chi connectivity index (χ2n) is 5.08. The fourth-order valence-electron chi connectivity index (χ4n) is 2.25. The van der Waals surface area contributed by atoms with Crippen molar-refractivity contribution in [2.24, 2.45) is 5.10 Å². The zero-order valence-corrected chi connectivity index (χ0v) is 11.9. The molecule has 0 atom stereocenters. The molecule has 0 heterocycles. The summed E-state index contributed by atoms with van der Waals surface area (Å²) in [6, 6.07) is 6.04. The van der Waals surface area contributed by atoms with Crippen molar-refractivity contribution in [2.75, 3.05) is 0 Å². The molecule has 1 aliphatic rings. The van der Waals surface area contributed by atoms with E-state index in [1.807, 2.05) is 0 Å². The summed E-state index contributed by atoms with van der Waals surface area (Å²) in [5.41, 5.74) is 2.92. The van der Waals surface area contributed by atoms with Crippen molar-refractivity contribution in [2.45, 2.75) is 31.7 Å². The van der Waals surface area contributed by atoms with E-state index < -0.39 is 17.8 Å². The molecule has 7 nitrogen and oxygen atoms in total. The number of rotatable bonds is 4. The van der Waals surface area contributed by atoms with Gasteiger partial charge in [0.15, 0.2) is 0 Å². The predicted molar refractivity (Wildman–Crippen MR) is 79.5 cm³/mol. The fourth-order valence-corrected chi connectivity index (χ4v) is 2.25. The van der Waals surface area contributed by atoms with Crippen LogP contribution in [0.1, 0.15) is 41.6 Å². The standard InChI is InChI=1S/C15H17N3O4/c19-13(17-12-3-1-2-4-12)14(20)18-16-9-10-5-7-11(8-6-10)15(21)22/h5-9,12H,1-4H2,(H,17,19)(H,18,20)(H,21,22). The lowest BCUT2D eigenvalue weighted by atomic mass is 10.1. The molecule has 0 unspecified atom stereocenters. The highest BCUT2D eigenvalue weighted by molar-refractivity contribution is 6.35. The lowest BCUT2D eigenvalue weighted by molar-refractivity contribution is -0.139. The van der Waals surface area contributed by atoms with Crippen molar-refractivity contribution < 1.29 is 19.5 Å². The maximum absolute atomic E-state index is 11.6. The summed E-state index contributed by atoms with van der Waals surface area (Å²) in [6.45, 7) is 0. The molecule has 22 heavy (non-hydrogen) atoms. The van der Waals surface area contributed by atoms with E-state index >= 15 is 0 Å². The van der Waals surface area contributed by atoms with Crippen LogP contribution in [0.4, 0.5) is 0 Å². The second-order valence-corrected chi connectivity index (χ2v) is 5.08. The average molecular weight is 303 g/mol. The Balaban J connectivity index is 1.81. The van der Waals surface area contributed by atoms with Crippen molar-refractivity contribution >= 4 is 24.0 Å². The van der Waals surface area contributed by atoms with Crippen LogP contribution in [0.15, 0.2) is 29.4 Å². The summed E-state index contributed by atoms with van der Waals surface area (Å²) in [7, 11) is 0. The molecule has 1 aliphatic carbocycles. The van der Waals surface area contributed by atoms with Gasteiger partial charge in [0.1, 0.15) is 0 Å². The van der Waals surface area contributed by atoms with Gasteiger partial charge in [0.2, 0.25) is 0 Å². The van der Waals surface area contributed by atoms with E-state index in [9.17, 15) is 14.4 Å². The van der Waals surface area contributed by atoms with Crippen molar-refractivity contribution in [1.29, 1.82) is 0 Å². The van der Waals surface area contributed by atoms with Crippen LogP contribution < -0.4 is 10.7 Å². The monoisotopic (exact) mass is 303 g/mol. The number of carbonyl (C=O) groups excluding carboxylic acids is 2. The third kappa shape index (κ3) is 4.41. The topological polar surface area (TPSA) is 108 Å². The van der Waals surface area contributed by atoms with Crippen LogP contribution in [0, 0.1) is 0 Å². The van der Waals surface area contributed by atoms with Crippen LogP contribution in [-0.2, 0) is 9.59 Å². The highest BCUT2D eigenvalue weighted by atomic mass is 16.4. The molecule has 0 aliphatic heterocycles. The number of benzene rings is 1. The maximum atomic E-state index is 11.6. The number of carboxylic acid groups (broad SMARTS) is 1. The van der Waals surface area contributed by atoms with Gasteiger partial charge in [-0.2, -0.15) is 5.10 Å². The summed E-state index contributed by atoms with van der Waals surface area (Å²) in [5.74, 6) is -2.52. The molecule has 0 bridgehead atoms. The van der Waals surface area contributed by atoms with Gasteiger partial charge >= 0.3 is 17.8 Å². The summed E-state index contributed by atoms with van der Waals surface area (Å²) in [5, 5.41) is 15.1. The Kier molecular flexibility index (Phi) is 5.24. The van der Waals surface area contributed by atoms with Gasteiger partial charge in [0.25, 0.3) is 0 Å². The van der Waals surface area contributed by atoms with Crippen LogP contribution in [0.2, 0.25) is 0 Å². The molecule has 7 heteroatoms. The van der Waals surface area contributed by atoms with Gasteiger partial charge in [0, 0.05) is 6.04 Å². The average Bonchev–Trinajstić information content (AvgIpc) is 3.00. The number of hydrogen-bond acceptors (Lipinski definition) is 4. The summed E-state index contributed by atoms with van der Waals surface area (Å²) in [6.07, 6.45) is 5.27. The Hall–Kier alpha value is -2.70. The van der Waals surface area contributed by atoms with E-state index in [2.05, 4.69) is 15.8 Å². The van der Waals surface area contributed by atoms with E-state index in [-0.39, 0.29) is 11.6 Å². The largest absolute Gasteiger partial charge is 0.478 e. The van der Waals surface area contributed by atoms with E-state index in [4.69, 9.17) is 5.11 Å².